The first-order chi connectivity index (χ1) is 8.37. The molecule has 0 aliphatic heterocycles. The van der Waals surface area contributed by atoms with Gasteiger partial charge in [-0.3, -0.25) is 0 Å². The molecule has 4 N–H and O–H groups in total. The SMILES string of the molecule is CNS(=O)(=O)CCNc1cccc(F)c1C(N)=S. The van der Waals surface area contributed by atoms with E-state index in [0.29, 0.717) is 5.69 Å². The number of hydrogen-bond donors (Lipinski definition) is 3. The Morgan fingerprint density at radius 3 is 2.72 bits per heavy atom. The third-order valence-corrected chi connectivity index (χ3v) is 3.82. The lowest BCUT2D eigenvalue weighted by atomic mass is 10.1. The van der Waals surface area contributed by atoms with Crippen LogP contribution in [-0.2, 0) is 10.0 Å². The number of nitrogens with two attached hydrogens (primary N) is 1. The maximum absolute atomic E-state index is 13.5. The summed E-state index contributed by atoms with van der Waals surface area (Å²) < 4.78 is 38.1. The van der Waals surface area contributed by atoms with E-state index >= 15 is 0 Å². The predicted octanol–water partition coefficient (Wildman–Crippen LogP) is 0.421. The lowest BCUT2D eigenvalue weighted by molar-refractivity contribution is 0.588. The summed E-state index contributed by atoms with van der Waals surface area (Å²) in [6.45, 7) is 0.127. The summed E-state index contributed by atoms with van der Waals surface area (Å²) >= 11 is 4.75. The van der Waals surface area contributed by atoms with E-state index in [2.05, 4.69) is 10.0 Å². The van der Waals surface area contributed by atoms with Crippen LogP contribution in [0.5, 0.6) is 0 Å². The fraction of sp³-hybridized carbons (Fsp3) is 0.300. The first kappa shape index (κ1) is 14.8. The molecule has 0 bridgehead atoms. The van der Waals surface area contributed by atoms with Gasteiger partial charge >= 0.3 is 0 Å². The quantitative estimate of drug-likeness (QED) is 0.662. The molecule has 0 radical (unpaired) electrons. The van der Waals surface area contributed by atoms with Crippen molar-refractivity contribution in [3.63, 3.8) is 0 Å². The van der Waals surface area contributed by atoms with Crippen molar-refractivity contribution in [2.75, 3.05) is 24.7 Å². The van der Waals surface area contributed by atoms with Crippen LogP contribution in [0.1, 0.15) is 5.56 Å². The van der Waals surface area contributed by atoms with Crippen LogP contribution >= 0.6 is 12.2 Å². The molecule has 1 aromatic carbocycles. The Morgan fingerprint density at radius 2 is 2.17 bits per heavy atom. The van der Waals surface area contributed by atoms with Gasteiger partial charge in [0.05, 0.1) is 11.3 Å². The minimum Gasteiger partial charge on any atom is -0.389 e. The molecule has 1 rings (SSSR count). The van der Waals surface area contributed by atoms with E-state index in [1.54, 1.807) is 6.07 Å². The highest BCUT2D eigenvalue weighted by atomic mass is 32.2. The Morgan fingerprint density at radius 1 is 1.50 bits per heavy atom. The molecule has 8 heteroatoms. The smallest absolute Gasteiger partial charge is 0.213 e. The molecule has 0 saturated heterocycles. The third kappa shape index (κ3) is 3.90. The Hall–Kier alpha value is -1.25. The van der Waals surface area contributed by atoms with E-state index in [0.717, 1.165) is 0 Å². The lowest BCUT2D eigenvalue weighted by Crippen LogP contribution is -2.26. The van der Waals surface area contributed by atoms with Gasteiger partial charge in [-0.25, -0.2) is 17.5 Å². The average molecular weight is 291 g/mol. The highest BCUT2D eigenvalue weighted by Gasteiger charge is 2.12. The van der Waals surface area contributed by atoms with Gasteiger partial charge in [0, 0.05) is 12.2 Å². The molecule has 0 fully saturated rings. The fourth-order valence-corrected chi connectivity index (χ4v) is 2.13. The van der Waals surface area contributed by atoms with Gasteiger partial charge in [0.25, 0.3) is 0 Å². The number of rotatable bonds is 6. The molecule has 0 aliphatic carbocycles. The first-order valence-electron chi connectivity index (χ1n) is 5.11. The van der Waals surface area contributed by atoms with Gasteiger partial charge in [-0.05, 0) is 19.2 Å². The highest BCUT2D eigenvalue weighted by molar-refractivity contribution is 7.89. The Bertz CT molecular complexity index is 546. The van der Waals surface area contributed by atoms with Crippen molar-refractivity contribution in [1.29, 1.82) is 0 Å². The number of nitrogens with one attached hydrogen (secondary N) is 2. The van der Waals surface area contributed by atoms with Crippen LogP contribution < -0.4 is 15.8 Å². The van der Waals surface area contributed by atoms with Crippen LogP contribution in [0.15, 0.2) is 18.2 Å². The summed E-state index contributed by atoms with van der Waals surface area (Å²) in [5, 5.41) is 2.80. The second-order valence-corrected chi connectivity index (χ2v) is 5.96. The number of hydrogen-bond acceptors (Lipinski definition) is 4. The Labute approximate surface area is 111 Å². The molecular formula is C10H14FN3O2S2. The first-order valence-corrected chi connectivity index (χ1v) is 7.17. The van der Waals surface area contributed by atoms with Crippen molar-refractivity contribution >= 4 is 32.9 Å². The molecule has 0 unspecified atom stereocenters. The summed E-state index contributed by atoms with van der Waals surface area (Å²) in [4.78, 5) is -0.0768. The molecule has 1 aromatic rings. The van der Waals surface area contributed by atoms with Gasteiger partial charge < -0.3 is 11.1 Å². The molecule has 18 heavy (non-hydrogen) atoms. The van der Waals surface area contributed by atoms with Crippen LogP contribution in [0.4, 0.5) is 10.1 Å². The number of benzene rings is 1. The molecule has 0 amide bonds. The molecule has 0 aliphatic rings. The lowest BCUT2D eigenvalue weighted by Gasteiger charge is -2.11. The number of anilines is 1. The van der Waals surface area contributed by atoms with E-state index in [1.165, 1.54) is 19.2 Å². The predicted molar refractivity (Wildman–Crippen MR) is 73.6 cm³/mol. The zero-order chi connectivity index (χ0) is 13.8. The van der Waals surface area contributed by atoms with E-state index in [4.69, 9.17) is 18.0 Å². The van der Waals surface area contributed by atoms with Crippen molar-refractivity contribution in [3.05, 3.63) is 29.6 Å². The largest absolute Gasteiger partial charge is 0.389 e. The van der Waals surface area contributed by atoms with Crippen molar-refractivity contribution in [2.24, 2.45) is 5.73 Å². The summed E-state index contributed by atoms with van der Waals surface area (Å²) in [5.74, 6) is -0.666. The van der Waals surface area contributed by atoms with Gasteiger partial charge in [0.1, 0.15) is 10.8 Å². The number of halogens is 1. The van der Waals surface area contributed by atoms with Crippen LogP contribution in [0.3, 0.4) is 0 Å². The molecule has 0 spiro atoms. The molecular weight excluding hydrogens is 277 g/mol. The summed E-state index contributed by atoms with van der Waals surface area (Å²) in [6.07, 6.45) is 0. The van der Waals surface area contributed by atoms with Gasteiger partial charge in [0.2, 0.25) is 10.0 Å². The topological polar surface area (TPSA) is 84.2 Å². The minimum absolute atomic E-state index is 0.0768. The molecule has 5 nitrogen and oxygen atoms in total. The summed E-state index contributed by atoms with van der Waals surface area (Å²) in [7, 11) is -1.97. The Balaban J connectivity index is 2.80. The zero-order valence-electron chi connectivity index (χ0n) is 9.73. The Kier molecular flexibility index (Phi) is 5.00. The van der Waals surface area contributed by atoms with E-state index in [1.807, 2.05) is 0 Å². The zero-order valence-corrected chi connectivity index (χ0v) is 11.4. The highest BCUT2D eigenvalue weighted by Crippen LogP contribution is 2.18. The minimum atomic E-state index is -3.30. The van der Waals surface area contributed by atoms with Crippen LogP contribution in [0.25, 0.3) is 0 Å². The molecule has 0 heterocycles. The summed E-state index contributed by atoms with van der Waals surface area (Å²) in [6, 6.07) is 4.32. The molecule has 0 aromatic heterocycles. The van der Waals surface area contributed by atoms with Crippen LogP contribution in [0.2, 0.25) is 0 Å². The van der Waals surface area contributed by atoms with Gasteiger partial charge in [-0.15, -0.1) is 0 Å². The van der Waals surface area contributed by atoms with E-state index < -0.39 is 15.8 Å². The van der Waals surface area contributed by atoms with Crippen LogP contribution in [-0.4, -0.2) is 32.8 Å². The van der Waals surface area contributed by atoms with Crippen molar-refractivity contribution in [1.82, 2.24) is 4.72 Å². The maximum Gasteiger partial charge on any atom is 0.213 e. The van der Waals surface area contributed by atoms with Gasteiger partial charge in [0.15, 0.2) is 0 Å². The average Bonchev–Trinajstić information content (AvgIpc) is 2.28. The second-order valence-electron chi connectivity index (χ2n) is 3.48. The molecule has 0 atom stereocenters. The van der Waals surface area contributed by atoms with Crippen molar-refractivity contribution in [2.45, 2.75) is 0 Å². The van der Waals surface area contributed by atoms with Crippen molar-refractivity contribution in [3.8, 4) is 0 Å². The molecule has 0 saturated carbocycles. The second kappa shape index (κ2) is 6.07. The standard InChI is InChI=1S/C10H14FN3O2S2/c1-13-18(15,16)6-5-14-8-4-2-3-7(11)9(8)10(12)17/h2-4,13-14H,5-6H2,1H3,(H2,12,17). The van der Waals surface area contributed by atoms with E-state index in [9.17, 15) is 12.8 Å². The van der Waals surface area contributed by atoms with Crippen molar-refractivity contribution < 1.29 is 12.8 Å². The summed E-state index contributed by atoms with van der Waals surface area (Å²) in [5.41, 5.74) is 5.90. The van der Waals surface area contributed by atoms with Gasteiger partial charge in [-0.2, -0.15) is 0 Å². The number of thiocarbonyl (C=S) groups is 1. The monoisotopic (exact) mass is 291 g/mol. The fourth-order valence-electron chi connectivity index (χ4n) is 1.34. The number of sulfonamides is 1. The van der Waals surface area contributed by atoms with Gasteiger partial charge in [-0.1, -0.05) is 18.3 Å². The molecule has 100 valence electrons. The van der Waals surface area contributed by atoms with E-state index in [-0.39, 0.29) is 22.8 Å². The maximum atomic E-state index is 13.5. The third-order valence-electron chi connectivity index (χ3n) is 2.26. The van der Waals surface area contributed by atoms with Crippen LogP contribution in [0, 0.1) is 5.82 Å². The normalized spacial score (nSPS) is 11.2.